The van der Waals surface area contributed by atoms with Crippen molar-refractivity contribution in [2.24, 2.45) is 5.92 Å². The standard InChI is InChI=1S/C18H22FNO2/c1-13(2)12-22-18-14(6-4-9-17(18)21-3)11-20-16-8-5-7-15(19)10-16/h4-10,13,20H,11-12H2,1-3H3. The molecule has 22 heavy (non-hydrogen) atoms. The fraction of sp³-hybridized carbons (Fsp3) is 0.333. The maximum Gasteiger partial charge on any atom is 0.166 e. The summed E-state index contributed by atoms with van der Waals surface area (Å²) < 4.78 is 24.5. The lowest BCUT2D eigenvalue weighted by Crippen LogP contribution is -2.09. The third-order valence-corrected chi connectivity index (χ3v) is 3.15. The molecule has 0 aromatic heterocycles. The summed E-state index contributed by atoms with van der Waals surface area (Å²) in [6.45, 7) is 5.35. The highest BCUT2D eigenvalue weighted by Crippen LogP contribution is 2.32. The third-order valence-electron chi connectivity index (χ3n) is 3.15. The molecule has 2 aromatic rings. The average Bonchev–Trinajstić information content (AvgIpc) is 2.51. The normalized spacial score (nSPS) is 10.6. The van der Waals surface area contributed by atoms with E-state index in [1.807, 2.05) is 24.3 Å². The highest BCUT2D eigenvalue weighted by Gasteiger charge is 2.11. The minimum Gasteiger partial charge on any atom is -0.493 e. The highest BCUT2D eigenvalue weighted by atomic mass is 19.1. The van der Waals surface area contributed by atoms with Crippen molar-refractivity contribution < 1.29 is 13.9 Å². The predicted molar refractivity (Wildman–Crippen MR) is 87.1 cm³/mol. The van der Waals surface area contributed by atoms with E-state index in [9.17, 15) is 4.39 Å². The molecule has 0 heterocycles. The number of para-hydroxylation sites is 1. The molecule has 0 unspecified atom stereocenters. The monoisotopic (exact) mass is 303 g/mol. The van der Waals surface area contributed by atoms with Crippen molar-refractivity contribution in [3.05, 3.63) is 53.8 Å². The molecular weight excluding hydrogens is 281 g/mol. The molecule has 0 spiro atoms. The summed E-state index contributed by atoms with van der Waals surface area (Å²) in [7, 11) is 1.63. The van der Waals surface area contributed by atoms with Gasteiger partial charge < -0.3 is 14.8 Å². The maximum atomic E-state index is 13.2. The molecule has 0 aliphatic carbocycles. The van der Waals surface area contributed by atoms with Gasteiger partial charge >= 0.3 is 0 Å². The molecule has 0 atom stereocenters. The van der Waals surface area contributed by atoms with Gasteiger partial charge in [0.15, 0.2) is 11.5 Å². The summed E-state index contributed by atoms with van der Waals surface area (Å²) in [5.74, 6) is 1.61. The number of nitrogens with one attached hydrogen (secondary N) is 1. The van der Waals surface area contributed by atoms with Gasteiger partial charge in [-0.25, -0.2) is 4.39 Å². The number of methoxy groups -OCH3 is 1. The quantitative estimate of drug-likeness (QED) is 0.818. The van der Waals surface area contributed by atoms with Crippen molar-refractivity contribution in [1.29, 1.82) is 0 Å². The number of hydrogen-bond donors (Lipinski definition) is 1. The van der Waals surface area contributed by atoms with Crippen LogP contribution in [0.2, 0.25) is 0 Å². The van der Waals surface area contributed by atoms with Crippen LogP contribution in [0.25, 0.3) is 0 Å². The van der Waals surface area contributed by atoms with Crippen molar-refractivity contribution in [3.63, 3.8) is 0 Å². The highest BCUT2D eigenvalue weighted by molar-refractivity contribution is 5.50. The smallest absolute Gasteiger partial charge is 0.166 e. The Morgan fingerprint density at radius 1 is 1.14 bits per heavy atom. The van der Waals surface area contributed by atoms with Crippen LogP contribution in [0, 0.1) is 11.7 Å². The summed E-state index contributed by atoms with van der Waals surface area (Å²) >= 11 is 0. The van der Waals surface area contributed by atoms with Gasteiger partial charge in [0.2, 0.25) is 0 Å². The van der Waals surface area contributed by atoms with Crippen LogP contribution >= 0.6 is 0 Å². The van der Waals surface area contributed by atoms with Crippen molar-refractivity contribution in [2.75, 3.05) is 19.0 Å². The molecule has 2 rings (SSSR count). The summed E-state index contributed by atoms with van der Waals surface area (Å²) in [6, 6.07) is 12.2. The van der Waals surface area contributed by atoms with Gasteiger partial charge in [0, 0.05) is 17.8 Å². The second kappa shape index (κ2) is 7.69. The molecule has 0 radical (unpaired) electrons. The lowest BCUT2D eigenvalue weighted by atomic mass is 10.1. The number of ether oxygens (including phenoxy) is 2. The van der Waals surface area contributed by atoms with Crippen LogP contribution in [0.4, 0.5) is 10.1 Å². The van der Waals surface area contributed by atoms with Crippen LogP contribution in [-0.4, -0.2) is 13.7 Å². The molecule has 4 heteroatoms. The predicted octanol–water partition coefficient (Wildman–Crippen LogP) is 4.48. The van der Waals surface area contributed by atoms with E-state index in [1.54, 1.807) is 13.2 Å². The Kier molecular flexibility index (Phi) is 5.64. The minimum absolute atomic E-state index is 0.257. The van der Waals surface area contributed by atoms with E-state index in [1.165, 1.54) is 12.1 Å². The van der Waals surface area contributed by atoms with E-state index in [-0.39, 0.29) is 5.82 Å². The molecule has 0 amide bonds. The largest absolute Gasteiger partial charge is 0.493 e. The van der Waals surface area contributed by atoms with Crippen LogP contribution in [-0.2, 0) is 6.54 Å². The molecule has 118 valence electrons. The SMILES string of the molecule is COc1cccc(CNc2cccc(F)c2)c1OCC(C)C. The first-order valence-corrected chi connectivity index (χ1v) is 7.38. The first kappa shape index (κ1) is 16.1. The second-order valence-corrected chi connectivity index (χ2v) is 5.52. The summed E-state index contributed by atoms with van der Waals surface area (Å²) in [5, 5.41) is 3.21. The van der Waals surface area contributed by atoms with Gasteiger partial charge in [0.05, 0.1) is 13.7 Å². The van der Waals surface area contributed by atoms with E-state index in [4.69, 9.17) is 9.47 Å². The number of anilines is 1. The molecule has 1 N–H and O–H groups in total. The topological polar surface area (TPSA) is 30.5 Å². The van der Waals surface area contributed by atoms with E-state index in [2.05, 4.69) is 19.2 Å². The van der Waals surface area contributed by atoms with Gasteiger partial charge in [-0.1, -0.05) is 32.0 Å². The Balaban J connectivity index is 2.15. The first-order chi connectivity index (χ1) is 10.6. The van der Waals surface area contributed by atoms with Gasteiger partial charge in [0.1, 0.15) is 5.82 Å². The summed E-state index contributed by atoms with van der Waals surface area (Å²) in [6.07, 6.45) is 0. The van der Waals surface area contributed by atoms with Crippen LogP contribution in [0.3, 0.4) is 0 Å². The van der Waals surface area contributed by atoms with Crippen LogP contribution in [0.15, 0.2) is 42.5 Å². The molecule has 0 fully saturated rings. The zero-order valence-electron chi connectivity index (χ0n) is 13.2. The van der Waals surface area contributed by atoms with Crippen LogP contribution in [0.5, 0.6) is 11.5 Å². The summed E-state index contributed by atoms with van der Waals surface area (Å²) in [5.41, 5.74) is 1.71. The Morgan fingerprint density at radius 2 is 1.91 bits per heavy atom. The van der Waals surface area contributed by atoms with Crippen LogP contribution in [0.1, 0.15) is 19.4 Å². The van der Waals surface area contributed by atoms with E-state index < -0.39 is 0 Å². The zero-order chi connectivity index (χ0) is 15.9. The lowest BCUT2D eigenvalue weighted by molar-refractivity contribution is 0.254. The Bertz CT molecular complexity index is 614. The molecule has 0 aliphatic rings. The lowest BCUT2D eigenvalue weighted by Gasteiger charge is -2.17. The third kappa shape index (κ3) is 4.38. The molecule has 0 saturated heterocycles. The molecule has 0 saturated carbocycles. The Morgan fingerprint density at radius 3 is 2.59 bits per heavy atom. The average molecular weight is 303 g/mol. The minimum atomic E-state index is -0.257. The van der Waals surface area contributed by atoms with Crippen molar-refractivity contribution in [1.82, 2.24) is 0 Å². The van der Waals surface area contributed by atoms with Crippen molar-refractivity contribution in [2.45, 2.75) is 20.4 Å². The van der Waals surface area contributed by atoms with E-state index >= 15 is 0 Å². The Hall–Kier alpha value is -2.23. The van der Waals surface area contributed by atoms with Crippen molar-refractivity contribution in [3.8, 4) is 11.5 Å². The first-order valence-electron chi connectivity index (χ1n) is 7.38. The summed E-state index contributed by atoms with van der Waals surface area (Å²) in [4.78, 5) is 0. The van der Waals surface area contributed by atoms with Gasteiger partial charge in [-0.15, -0.1) is 0 Å². The van der Waals surface area contributed by atoms with Gasteiger partial charge in [-0.05, 0) is 30.2 Å². The van der Waals surface area contributed by atoms with Gasteiger partial charge in [-0.3, -0.25) is 0 Å². The van der Waals surface area contributed by atoms with E-state index in [0.717, 1.165) is 17.0 Å². The van der Waals surface area contributed by atoms with Gasteiger partial charge in [0.25, 0.3) is 0 Å². The molecule has 2 aromatic carbocycles. The molecule has 3 nitrogen and oxygen atoms in total. The molecule has 0 bridgehead atoms. The fourth-order valence-corrected chi connectivity index (χ4v) is 2.07. The van der Waals surface area contributed by atoms with Crippen molar-refractivity contribution >= 4 is 5.69 Å². The molecular formula is C18H22FNO2. The van der Waals surface area contributed by atoms with E-state index in [0.29, 0.717) is 24.8 Å². The number of benzene rings is 2. The number of hydrogen-bond acceptors (Lipinski definition) is 3. The fourth-order valence-electron chi connectivity index (χ4n) is 2.07. The van der Waals surface area contributed by atoms with Crippen LogP contribution < -0.4 is 14.8 Å². The second-order valence-electron chi connectivity index (χ2n) is 5.52. The molecule has 0 aliphatic heterocycles. The zero-order valence-corrected chi connectivity index (χ0v) is 13.2. The number of rotatable bonds is 7. The maximum absolute atomic E-state index is 13.2. The Labute approximate surface area is 131 Å². The number of halogens is 1. The van der Waals surface area contributed by atoms with Gasteiger partial charge in [-0.2, -0.15) is 0 Å².